The summed E-state index contributed by atoms with van der Waals surface area (Å²) in [5, 5.41) is 6.34. The van der Waals surface area contributed by atoms with Crippen LogP contribution < -0.4 is 10.6 Å². The average Bonchev–Trinajstić information content (AvgIpc) is 3.19. The number of aryl methyl sites for hydroxylation is 1. The minimum Gasteiger partial charge on any atom is -0.342 e. The monoisotopic (exact) mass is 314 g/mol. The lowest BCUT2D eigenvalue weighted by Gasteiger charge is -2.08. The Labute approximate surface area is 137 Å². The first kappa shape index (κ1) is 16.0. The molecular weight excluding hydrogens is 288 g/mol. The molecule has 2 aromatic rings. The first-order chi connectivity index (χ1) is 11.2. The molecule has 1 atom stereocenters. The van der Waals surface area contributed by atoms with Crippen molar-refractivity contribution < 1.29 is 4.79 Å². The number of anilines is 1. The topological polar surface area (TPSA) is 69.8 Å². The second kappa shape index (κ2) is 7.59. The van der Waals surface area contributed by atoms with Crippen molar-refractivity contribution in [3.63, 3.8) is 0 Å². The van der Waals surface area contributed by atoms with Gasteiger partial charge in [-0.1, -0.05) is 13.3 Å². The molecule has 1 aliphatic rings. The van der Waals surface area contributed by atoms with E-state index in [1.165, 1.54) is 6.42 Å². The lowest BCUT2D eigenvalue weighted by atomic mass is 10.0. The fraction of sp³-hybridized carbons (Fsp3) is 0.556. The number of aromatic amines is 1. The molecule has 3 rings (SSSR count). The van der Waals surface area contributed by atoms with Gasteiger partial charge in [-0.3, -0.25) is 4.79 Å². The minimum absolute atomic E-state index is 0.0990. The number of carbonyl (C=O) groups is 1. The summed E-state index contributed by atoms with van der Waals surface area (Å²) in [6.07, 6.45) is 6.02. The molecule has 1 aromatic heterocycles. The average molecular weight is 314 g/mol. The molecule has 1 fully saturated rings. The highest BCUT2D eigenvalue weighted by Gasteiger charge is 2.15. The molecule has 0 radical (unpaired) electrons. The van der Waals surface area contributed by atoms with E-state index in [2.05, 4.69) is 27.5 Å². The maximum absolute atomic E-state index is 12.1. The third-order valence-corrected chi connectivity index (χ3v) is 4.52. The van der Waals surface area contributed by atoms with Crippen LogP contribution in [0.1, 0.15) is 44.9 Å². The van der Waals surface area contributed by atoms with Crippen LogP contribution in [0.5, 0.6) is 0 Å². The SMILES string of the molecule is CCCCc1nc2ccc(NC(=O)CCC3CCNC3)cc2[nH]1. The number of amides is 1. The van der Waals surface area contributed by atoms with Gasteiger partial charge in [-0.05, 0) is 56.5 Å². The molecule has 1 aromatic carbocycles. The normalized spacial score (nSPS) is 17.7. The highest BCUT2D eigenvalue weighted by molar-refractivity contribution is 5.93. The summed E-state index contributed by atoms with van der Waals surface area (Å²) < 4.78 is 0. The smallest absolute Gasteiger partial charge is 0.224 e. The summed E-state index contributed by atoms with van der Waals surface area (Å²) in [7, 11) is 0. The zero-order chi connectivity index (χ0) is 16.1. The van der Waals surface area contributed by atoms with Gasteiger partial charge in [0.05, 0.1) is 11.0 Å². The predicted molar refractivity (Wildman–Crippen MR) is 93.5 cm³/mol. The van der Waals surface area contributed by atoms with Gasteiger partial charge in [0.1, 0.15) is 5.82 Å². The van der Waals surface area contributed by atoms with E-state index in [0.717, 1.165) is 61.3 Å². The molecule has 3 N–H and O–H groups in total. The van der Waals surface area contributed by atoms with Crippen molar-refractivity contribution in [1.82, 2.24) is 15.3 Å². The lowest BCUT2D eigenvalue weighted by Crippen LogP contribution is -2.14. The van der Waals surface area contributed by atoms with Crippen LogP contribution in [0.4, 0.5) is 5.69 Å². The fourth-order valence-corrected chi connectivity index (χ4v) is 3.12. The molecular formula is C18H26N4O. The Bertz CT molecular complexity index is 658. The molecule has 5 nitrogen and oxygen atoms in total. The number of imidazole rings is 1. The zero-order valence-corrected chi connectivity index (χ0v) is 13.8. The maximum atomic E-state index is 12.1. The van der Waals surface area contributed by atoms with Gasteiger partial charge in [0, 0.05) is 18.5 Å². The van der Waals surface area contributed by atoms with E-state index in [1.807, 2.05) is 18.2 Å². The number of nitrogens with one attached hydrogen (secondary N) is 3. The molecule has 0 bridgehead atoms. The molecule has 1 aliphatic heterocycles. The molecule has 1 saturated heterocycles. The Morgan fingerprint density at radius 1 is 1.43 bits per heavy atom. The molecule has 2 heterocycles. The minimum atomic E-state index is 0.0990. The van der Waals surface area contributed by atoms with Gasteiger partial charge in [-0.25, -0.2) is 4.98 Å². The molecule has 1 unspecified atom stereocenters. The quantitative estimate of drug-likeness (QED) is 0.735. The van der Waals surface area contributed by atoms with Crippen LogP contribution in [0.3, 0.4) is 0 Å². The second-order valence-corrected chi connectivity index (χ2v) is 6.46. The zero-order valence-electron chi connectivity index (χ0n) is 13.8. The van der Waals surface area contributed by atoms with Crippen molar-refractivity contribution in [3.05, 3.63) is 24.0 Å². The van der Waals surface area contributed by atoms with E-state index in [4.69, 9.17) is 0 Å². The van der Waals surface area contributed by atoms with Crippen molar-refractivity contribution in [2.45, 2.75) is 45.4 Å². The van der Waals surface area contributed by atoms with Crippen LogP contribution in [0, 0.1) is 5.92 Å². The van der Waals surface area contributed by atoms with Crippen molar-refractivity contribution in [3.8, 4) is 0 Å². The van der Waals surface area contributed by atoms with Crippen LogP contribution in [0.2, 0.25) is 0 Å². The van der Waals surface area contributed by atoms with Crippen molar-refractivity contribution in [1.29, 1.82) is 0 Å². The van der Waals surface area contributed by atoms with Gasteiger partial charge < -0.3 is 15.6 Å². The van der Waals surface area contributed by atoms with E-state index >= 15 is 0 Å². The van der Waals surface area contributed by atoms with Crippen LogP contribution in [-0.4, -0.2) is 29.0 Å². The van der Waals surface area contributed by atoms with Gasteiger partial charge in [0.15, 0.2) is 0 Å². The van der Waals surface area contributed by atoms with E-state index in [1.54, 1.807) is 0 Å². The van der Waals surface area contributed by atoms with Gasteiger partial charge in [0.2, 0.25) is 5.91 Å². The number of hydrogen-bond donors (Lipinski definition) is 3. The van der Waals surface area contributed by atoms with Gasteiger partial charge in [0.25, 0.3) is 0 Å². The summed E-state index contributed by atoms with van der Waals surface area (Å²) >= 11 is 0. The van der Waals surface area contributed by atoms with E-state index in [9.17, 15) is 4.79 Å². The molecule has 124 valence electrons. The third kappa shape index (κ3) is 4.32. The Kier molecular flexibility index (Phi) is 5.28. The fourth-order valence-electron chi connectivity index (χ4n) is 3.12. The summed E-state index contributed by atoms with van der Waals surface area (Å²) in [4.78, 5) is 20.0. The molecule has 0 spiro atoms. The second-order valence-electron chi connectivity index (χ2n) is 6.46. The number of benzene rings is 1. The van der Waals surface area contributed by atoms with Gasteiger partial charge in [-0.15, -0.1) is 0 Å². The Morgan fingerprint density at radius 3 is 3.13 bits per heavy atom. The summed E-state index contributed by atoms with van der Waals surface area (Å²) in [5.41, 5.74) is 2.80. The standard InChI is InChI=1S/C18H26N4O/c1-2-3-4-17-21-15-7-6-14(11-16(15)22-17)20-18(23)8-5-13-9-10-19-12-13/h6-7,11,13,19H,2-5,8-10,12H2,1H3,(H,20,23)(H,21,22). The Hall–Kier alpha value is -1.88. The number of nitrogens with zero attached hydrogens (tertiary/aromatic N) is 1. The molecule has 5 heteroatoms. The maximum Gasteiger partial charge on any atom is 0.224 e. The van der Waals surface area contributed by atoms with Crippen LogP contribution in [0.15, 0.2) is 18.2 Å². The molecule has 0 saturated carbocycles. The Morgan fingerprint density at radius 2 is 2.35 bits per heavy atom. The highest BCUT2D eigenvalue weighted by atomic mass is 16.1. The van der Waals surface area contributed by atoms with Crippen molar-refractivity contribution in [2.75, 3.05) is 18.4 Å². The van der Waals surface area contributed by atoms with Gasteiger partial charge in [-0.2, -0.15) is 0 Å². The number of aromatic nitrogens is 2. The van der Waals surface area contributed by atoms with Crippen LogP contribution >= 0.6 is 0 Å². The van der Waals surface area contributed by atoms with Crippen LogP contribution in [-0.2, 0) is 11.2 Å². The first-order valence-corrected chi connectivity index (χ1v) is 8.74. The summed E-state index contributed by atoms with van der Waals surface area (Å²) in [6, 6.07) is 5.88. The molecule has 1 amide bonds. The Balaban J connectivity index is 1.57. The summed E-state index contributed by atoms with van der Waals surface area (Å²) in [5.74, 6) is 1.78. The number of fused-ring (bicyclic) bond motifs is 1. The number of unbranched alkanes of at least 4 members (excludes halogenated alkanes) is 1. The van der Waals surface area contributed by atoms with Crippen molar-refractivity contribution >= 4 is 22.6 Å². The lowest BCUT2D eigenvalue weighted by molar-refractivity contribution is -0.116. The molecule has 0 aliphatic carbocycles. The molecule has 23 heavy (non-hydrogen) atoms. The van der Waals surface area contributed by atoms with Crippen molar-refractivity contribution in [2.24, 2.45) is 5.92 Å². The van der Waals surface area contributed by atoms with Gasteiger partial charge >= 0.3 is 0 Å². The van der Waals surface area contributed by atoms with Crippen LogP contribution in [0.25, 0.3) is 11.0 Å². The van der Waals surface area contributed by atoms with E-state index < -0.39 is 0 Å². The highest BCUT2D eigenvalue weighted by Crippen LogP contribution is 2.19. The third-order valence-electron chi connectivity index (χ3n) is 4.52. The predicted octanol–water partition coefficient (Wildman–Crippen LogP) is 3.23. The van der Waals surface area contributed by atoms with E-state index in [-0.39, 0.29) is 5.91 Å². The number of carbonyl (C=O) groups excluding carboxylic acids is 1. The number of rotatable bonds is 7. The number of hydrogen-bond acceptors (Lipinski definition) is 3. The van der Waals surface area contributed by atoms with E-state index in [0.29, 0.717) is 12.3 Å². The largest absolute Gasteiger partial charge is 0.342 e. The summed E-state index contributed by atoms with van der Waals surface area (Å²) in [6.45, 7) is 4.31. The first-order valence-electron chi connectivity index (χ1n) is 8.74. The number of H-pyrrole nitrogens is 1.